The maximum atomic E-state index is 12.5. The summed E-state index contributed by atoms with van der Waals surface area (Å²) in [6.45, 7) is 0. The number of rotatable bonds is 0. The molecule has 0 radical (unpaired) electrons. The van der Waals surface area contributed by atoms with Crippen LogP contribution in [0.1, 0.15) is 0 Å². The van der Waals surface area contributed by atoms with Gasteiger partial charge < -0.3 is 0 Å². The van der Waals surface area contributed by atoms with Gasteiger partial charge in [-0.25, -0.2) is 8.37 Å². The number of hydrogen-bond acceptors (Lipinski definition) is 6. The van der Waals surface area contributed by atoms with Gasteiger partial charge >= 0.3 is 18.1 Å². The second-order valence-corrected chi connectivity index (χ2v) is 6.68. The second kappa shape index (κ2) is 4.20. The summed E-state index contributed by atoms with van der Waals surface area (Å²) in [5.41, 5.74) is 0. The average molecular weight is 338 g/mol. The van der Waals surface area contributed by atoms with E-state index in [9.17, 15) is 43.2 Å². The SMILES string of the molecule is O=S1(=O)CCS(=O)(=O)OC(C(F)(F)F)(C(F)(F)F)O1. The normalized spacial score (nSPS) is 26.6. The van der Waals surface area contributed by atoms with Crippen molar-refractivity contribution < 1.29 is 51.5 Å². The van der Waals surface area contributed by atoms with Crippen LogP contribution in [0, 0.1) is 0 Å². The highest BCUT2D eigenvalue weighted by Crippen LogP contribution is 2.49. The highest BCUT2D eigenvalue weighted by atomic mass is 32.2. The molecule has 1 saturated heterocycles. The molecule has 1 rings (SSSR count). The molecule has 19 heavy (non-hydrogen) atoms. The molecule has 0 aromatic heterocycles. The summed E-state index contributed by atoms with van der Waals surface area (Å²) in [5.74, 6) is -8.96. The monoisotopic (exact) mass is 338 g/mol. The van der Waals surface area contributed by atoms with Crippen molar-refractivity contribution in [1.29, 1.82) is 0 Å². The van der Waals surface area contributed by atoms with Crippen LogP contribution < -0.4 is 0 Å². The molecule has 0 aromatic rings. The third kappa shape index (κ3) is 3.11. The van der Waals surface area contributed by atoms with Crippen LogP contribution in [0.5, 0.6) is 0 Å². The number of hydrogen-bond donors (Lipinski definition) is 0. The predicted molar refractivity (Wildman–Crippen MR) is 44.6 cm³/mol. The fourth-order valence-corrected chi connectivity index (χ4v) is 4.01. The van der Waals surface area contributed by atoms with Crippen LogP contribution >= 0.6 is 0 Å². The van der Waals surface area contributed by atoms with E-state index in [0.717, 1.165) is 0 Å². The van der Waals surface area contributed by atoms with Gasteiger partial charge in [0.15, 0.2) is 0 Å². The van der Waals surface area contributed by atoms with Crippen molar-refractivity contribution in [2.24, 2.45) is 0 Å². The molecule has 1 aliphatic heterocycles. The topological polar surface area (TPSA) is 86.7 Å². The van der Waals surface area contributed by atoms with Gasteiger partial charge in [0.05, 0.1) is 11.5 Å². The van der Waals surface area contributed by atoms with Crippen molar-refractivity contribution >= 4 is 20.2 Å². The molecule has 0 spiro atoms. The molecule has 14 heteroatoms. The van der Waals surface area contributed by atoms with Crippen molar-refractivity contribution in [1.82, 2.24) is 0 Å². The molecule has 0 bridgehead atoms. The zero-order chi connectivity index (χ0) is 15.3. The van der Waals surface area contributed by atoms with Gasteiger partial charge in [-0.2, -0.15) is 43.2 Å². The maximum Gasteiger partial charge on any atom is 0.455 e. The Hall–Kier alpha value is -0.600. The van der Waals surface area contributed by atoms with Crippen molar-refractivity contribution in [2.45, 2.75) is 18.1 Å². The van der Waals surface area contributed by atoms with Crippen LogP contribution in [0.2, 0.25) is 0 Å². The van der Waals surface area contributed by atoms with Crippen molar-refractivity contribution in [3.63, 3.8) is 0 Å². The quantitative estimate of drug-likeness (QED) is 0.473. The summed E-state index contributed by atoms with van der Waals surface area (Å²) in [4.78, 5) is 0. The van der Waals surface area contributed by atoms with Gasteiger partial charge in [0.1, 0.15) is 0 Å². The second-order valence-electron chi connectivity index (χ2n) is 3.30. The summed E-state index contributed by atoms with van der Waals surface area (Å²) in [6.07, 6.45) is -13.0. The van der Waals surface area contributed by atoms with E-state index < -0.39 is 49.9 Å². The smallest absolute Gasteiger partial charge is 0.215 e. The van der Waals surface area contributed by atoms with Crippen LogP contribution in [-0.4, -0.2) is 46.5 Å². The van der Waals surface area contributed by atoms with E-state index in [1.165, 1.54) is 0 Å². The van der Waals surface area contributed by atoms with E-state index in [0.29, 0.717) is 0 Å². The standard InChI is InChI=1S/C5H4F6O6S2/c6-4(7,8)3(5(9,10)11)16-18(12,13)1-2-19(14,15)17-3/h1-2H2. The van der Waals surface area contributed by atoms with Crippen molar-refractivity contribution in [2.75, 3.05) is 11.5 Å². The van der Waals surface area contributed by atoms with E-state index in [1.807, 2.05) is 0 Å². The van der Waals surface area contributed by atoms with E-state index in [-0.39, 0.29) is 0 Å². The minimum atomic E-state index is -6.48. The van der Waals surface area contributed by atoms with Gasteiger partial charge in [-0.15, -0.1) is 0 Å². The highest BCUT2D eigenvalue weighted by Gasteiger charge is 2.79. The molecule has 0 atom stereocenters. The van der Waals surface area contributed by atoms with Crippen LogP contribution in [0.4, 0.5) is 26.3 Å². The fraction of sp³-hybridized carbons (Fsp3) is 1.00. The largest absolute Gasteiger partial charge is 0.455 e. The molecule has 6 nitrogen and oxygen atoms in total. The average Bonchev–Trinajstić information content (AvgIpc) is 2.19. The molecule has 1 fully saturated rings. The first-order valence-electron chi connectivity index (χ1n) is 4.12. The Morgan fingerprint density at radius 2 is 1.00 bits per heavy atom. The third-order valence-electron chi connectivity index (χ3n) is 1.82. The number of halogens is 6. The lowest BCUT2D eigenvalue weighted by Gasteiger charge is -2.32. The first kappa shape index (κ1) is 16.5. The lowest BCUT2D eigenvalue weighted by molar-refractivity contribution is -0.420. The summed E-state index contributed by atoms with van der Waals surface area (Å²) in [5, 5.41) is 0. The number of alkyl halides is 6. The van der Waals surface area contributed by atoms with Crippen LogP contribution in [0.15, 0.2) is 0 Å². The summed E-state index contributed by atoms with van der Waals surface area (Å²) in [6, 6.07) is 0. The Morgan fingerprint density at radius 3 is 1.21 bits per heavy atom. The molecule has 1 aliphatic rings. The first-order chi connectivity index (χ1) is 8.12. The fourth-order valence-electron chi connectivity index (χ4n) is 1.01. The zero-order valence-corrected chi connectivity index (χ0v) is 10.1. The maximum absolute atomic E-state index is 12.5. The molecule has 114 valence electrons. The van der Waals surface area contributed by atoms with Crippen LogP contribution in [0.3, 0.4) is 0 Å². The Morgan fingerprint density at radius 1 is 0.737 bits per heavy atom. The first-order valence-corrected chi connectivity index (χ1v) is 7.27. The predicted octanol–water partition coefficient (Wildman–Crippen LogP) is 0.514. The highest BCUT2D eigenvalue weighted by molar-refractivity contribution is 7.91. The van der Waals surface area contributed by atoms with E-state index in [4.69, 9.17) is 0 Å². The Kier molecular flexibility index (Phi) is 3.63. The van der Waals surface area contributed by atoms with Gasteiger partial charge in [-0.3, -0.25) is 0 Å². The molecule has 1 heterocycles. The van der Waals surface area contributed by atoms with Crippen LogP contribution in [0.25, 0.3) is 0 Å². The summed E-state index contributed by atoms with van der Waals surface area (Å²) >= 11 is 0. The third-order valence-corrected chi connectivity index (χ3v) is 4.46. The molecule has 0 N–H and O–H groups in total. The molecule has 0 saturated carbocycles. The minimum absolute atomic E-state index is 1.59. The minimum Gasteiger partial charge on any atom is -0.215 e. The van der Waals surface area contributed by atoms with Gasteiger partial charge in [0.2, 0.25) is 0 Å². The molecule has 0 aliphatic carbocycles. The van der Waals surface area contributed by atoms with E-state index >= 15 is 0 Å². The van der Waals surface area contributed by atoms with Crippen molar-refractivity contribution in [3.8, 4) is 0 Å². The molecule has 0 aromatic carbocycles. The molecular weight excluding hydrogens is 334 g/mol. The Labute approximate surface area is 102 Å². The van der Waals surface area contributed by atoms with Crippen LogP contribution in [-0.2, 0) is 28.6 Å². The lowest BCUT2D eigenvalue weighted by Crippen LogP contribution is -2.61. The van der Waals surface area contributed by atoms with Gasteiger partial charge in [0, 0.05) is 0 Å². The molecule has 0 amide bonds. The van der Waals surface area contributed by atoms with Gasteiger partial charge in [-0.05, 0) is 0 Å². The van der Waals surface area contributed by atoms with Crippen molar-refractivity contribution in [3.05, 3.63) is 0 Å². The Balaban J connectivity index is 3.60. The van der Waals surface area contributed by atoms with Gasteiger partial charge in [0.25, 0.3) is 20.2 Å². The zero-order valence-electron chi connectivity index (χ0n) is 8.45. The van der Waals surface area contributed by atoms with Gasteiger partial charge in [-0.1, -0.05) is 0 Å². The summed E-state index contributed by atoms with van der Waals surface area (Å²) < 4.78 is 124. The Bertz CT molecular complexity index is 504. The van der Waals surface area contributed by atoms with E-state index in [1.54, 1.807) is 0 Å². The molecular formula is C5H4F6O6S2. The summed E-state index contributed by atoms with van der Waals surface area (Å²) in [7, 11) is -10.8. The molecule has 0 unspecified atom stereocenters. The lowest BCUT2D eigenvalue weighted by atomic mass is 10.3. The van der Waals surface area contributed by atoms with E-state index in [2.05, 4.69) is 8.37 Å².